The van der Waals surface area contributed by atoms with Crippen molar-refractivity contribution in [3.8, 4) is 6.01 Å². The van der Waals surface area contributed by atoms with Gasteiger partial charge in [-0.05, 0) is 25.3 Å². The molecule has 1 saturated carbocycles. The van der Waals surface area contributed by atoms with Gasteiger partial charge in [0.25, 0.3) is 0 Å². The van der Waals surface area contributed by atoms with Gasteiger partial charge in [0.2, 0.25) is 0 Å². The van der Waals surface area contributed by atoms with E-state index in [1.807, 2.05) is 13.2 Å². The second-order valence-corrected chi connectivity index (χ2v) is 5.32. The molecule has 0 spiro atoms. The van der Waals surface area contributed by atoms with Gasteiger partial charge in [-0.2, -0.15) is 4.98 Å². The van der Waals surface area contributed by atoms with E-state index in [0.29, 0.717) is 24.4 Å². The largest absolute Gasteiger partial charge is 0.467 e. The van der Waals surface area contributed by atoms with Crippen LogP contribution in [0, 0.1) is 5.92 Å². The summed E-state index contributed by atoms with van der Waals surface area (Å²) in [5.41, 5.74) is 9.26. The third-order valence-electron chi connectivity index (χ3n) is 4.29. The number of ether oxygens (including phenoxy) is 1. The molecule has 5 nitrogen and oxygen atoms in total. The van der Waals surface area contributed by atoms with Gasteiger partial charge < -0.3 is 15.0 Å². The highest BCUT2D eigenvalue weighted by Crippen LogP contribution is 2.41. The molecule has 5 heteroatoms. The van der Waals surface area contributed by atoms with Crippen LogP contribution in [0.1, 0.15) is 30.7 Å². The number of nitrogens with two attached hydrogens (primary N) is 1. The van der Waals surface area contributed by atoms with Gasteiger partial charge in [-0.1, -0.05) is 6.42 Å². The fraction of sp³-hybridized carbons (Fsp3) is 0.571. The molecule has 1 aliphatic rings. The predicted octanol–water partition coefficient (Wildman–Crippen LogP) is 1.82. The lowest BCUT2D eigenvalue weighted by Gasteiger charge is -2.32. The monoisotopic (exact) mass is 260 g/mol. The first kappa shape index (κ1) is 12.4. The van der Waals surface area contributed by atoms with Crippen molar-refractivity contribution in [2.24, 2.45) is 18.7 Å². The smallest absolute Gasteiger partial charge is 0.316 e. The molecule has 0 saturated heterocycles. The Hall–Kier alpha value is -1.62. The first-order chi connectivity index (χ1) is 9.24. The minimum Gasteiger partial charge on any atom is -0.467 e. The Morgan fingerprint density at radius 1 is 1.53 bits per heavy atom. The lowest BCUT2D eigenvalue weighted by atomic mass is 9.73. The van der Waals surface area contributed by atoms with E-state index in [9.17, 15) is 0 Å². The van der Waals surface area contributed by atoms with E-state index in [1.165, 1.54) is 24.8 Å². The molecule has 0 amide bonds. The van der Waals surface area contributed by atoms with Crippen molar-refractivity contribution in [1.82, 2.24) is 14.5 Å². The first-order valence-corrected chi connectivity index (χ1v) is 6.80. The van der Waals surface area contributed by atoms with E-state index in [4.69, 9.17) is 10.5 Å². The average molecular weight is 260 g/mol. The van der Waals surface area contributed by atoms with Crippen LogP contribution in [-0.4, -0.2) is 28.2 Å². The van der Waals surface area contributed by atoms with Crippen LogP contribution in [0.25, 0.3) is 11.0 Å². The standard InChI is InChI=1S/C14H20N4O/c1-18-8-11(10(6-15)9-4-3-5-9)13-12(18)7-16-14(17-13)19-2/h7-10H,3-6,15H2,1-2H3. The van der Waals surface area contributed by atoms with Crippen LogP contribution in [0.3, 0.4) is 0 Å². The molecule has 2 N–H and O–H groups in total. The summed E-state index contributed by atoms with van der Waals surface area (Å²) < 4.78 is 7.21. The zero-order chi connectivity index (χ0) is 13.4. The number of methoxy groups -OCH3 is 1. The molecule has 2 aromatic rings. The van der Waals surface area contributed by atoms with Crippen molar-refractivity contribution in [1.29, 1.82) is 0 Å². The minimum atomic E-state index is 0.400. The number of hydrogen-bond acceptors (Lipinski definition) is 4. The summed E-state index contributed by atoms with van der Waals surface area (Å²) in [6.07, 6.45) is 7.85. The van der Waals surface area contributed by atoms with E-state index < -0.39 is 0 Å². The lowest BCUT2D eigenvalue weighted by Crippen LogP contribution is -2.26. The maximum atomic E-state index is 6.00. The van der Waals surface area contributed by atoms with Gasteiger partial charge >= 0.3 is 6.01 Å². The fourth-order valence-corrected chi connectivity index (χ4v) is 2.95. The Morgan fingerprint density at radius 3 is 2.89 bits per heavy atom. The number of fused-ring (bicyclic) bond motifs is 1. The van der Waals surface area contributed by atoms with Crippen LogP contribution >= 0.6 is 0 Å². The molecule has 1 atom stereocenters. The molecule has 2 aromatic heterocycles. The van der Waals surface area contributed by atoms with Crippen LogP contribution in [-0.2, 0) is 7.05 Å². The fourth-order valence-electron chi connectivity index (χ4n) is 2.95. The second-order valence-electron chi connectivity index (χ2n) is 5.32. The number of rotatable bonds is 4. The molecule has 0 aliphatic heterocycles. The first-order valence-electron chi connectivity index (χ1n) is 6.80. The van der Waals surface area contributed by atoms with Gasteiger partial charge in [-0.3, -0.25) is 0 Å². The van der Waals surface area contributed by atoms with Gasteiger partial charge in [0, 0.05) is 24.7 Å². The molecule has 2 heterocycles. The summed E-state index contributed by atoms with van der Waals surface area (Å²) in [6, 6.07) is 0.421. The van der Waals surface area contributed by atoms with Crippen LogP contribution < -0.4 is 10.5 Å². The van der Waals surface area contributed by atoms with E-state index in [0.717, 1.165) is 11.0 Å². The van der Waals surface area contributed by atoms with Gasteiger partial charge in [-0.25, -0.2) is 4.98 Å². The quantitative estimate of drug-likeness (QED) is 0.910. The maximum Gasteiger partial charge on any atom is 0.316 e. The predicted molar refractivity (Wildman–Crippen MR) is 74.2 cm³/mol. The van der Waals surface area contributed by atoms with Crippen molar-refractivity contribution in [2.45, 2.75) is 25.2 Å². The third-order valence-corrected chi connectivity index (χ3v) is 4.29. The van der Waals surface area contributed by atoms with E-state index in [1.54, 1.807) is 7.11 Å². The molecule has 102 valence electrons. The van der Waals surface area contributed by atoms with Crippen LogP contribution in [0.5, 0.6) is 6.01 Å². The third kappa shape index (κ3) is 1.98. The molecular weight excluding hydrogens is 240 g/mol. The molecule has 0 radical (unpaired) electrons. The number of hydrogen-bond donors (Lipinski definition) is 1. The van der Waals surface area contributed by atoms with Crippen molar-refractivity contribution in [3.05, 3.63) is 18.0 Å². The number of aryl methyl sites for hydroxylation is 1. The average Bonchev–Trinajstić information content (AvgIpc) is 2.70. The molecule has 1 aliphatic carbocycles. The van der Waals surface area contributed by atoms with E-state index in [2.05, 4.69) is 20.7 Å². The molecule has 3 rings (SSSR count). The van der Waals surface area contributed by atoms with Gasteiger partial charge in [0.15, 0.2) is 0 Å². The zero-order valence-electron chi connectivity index (χ0n) is 11.5. The van der Waals surface area contributed by atoms with Gasteiger partial charge in [0.05, 0.1) is 24.3 Å². The Morgan fingerprint density at radius 2 is 2.32 bits per heavy atom. The van der Waals surface area contributed by atoms with Gasteiger partial charge in [0.1, 0.15) is 0 Å². The molecule has 19 heavy (non-hydrogen) atoms. The summed E-state index contributed by atoms with van der Waals surface area (Å²) in [7, 11) is 3.62. The van der Waals surface area contributed by atoms with E-state index in [-0.39, 0.29) is 0 Å². The van der Waals surface area contributed by atoms with E-state index >= 15 is 0 Å². The van der Waals surface area contributed by atoms with Crippen molar-refractivity contribution < 1.29 is 4.74 Å². The van der Waals surface area contributed by atoms with Crippen LogP contribution in [0.4, 0.5) is 0 Å². The highest BCUT2D eigenvalue weighted by molar-refractivity contribution is 5.80. The van der Waals surface area contributed by atoms with Crippen molar-refractivity contribution in [2.75, 3.05) is 13.7 Å². The Bertz CT molecular complexity index is 588. The normalized spacial score (nSPS) is 17.4. The Labute approximate surface area is 112 Å². The topological polar surface area (TPSA) is 66.0 Å². The van der Waals surface area contributed by atoms with Crippen LogP contribution in [0.15, 0.2) is 12.4 Å². The Balaban J connectivity index is 2.10. The summed E-state index contributed by atoms with van der Waals surface area (Å²) >= 11 is 0. The SMILES string of the molecule is COc1ncc2c(n1)c(C(CN)C1CCC1)cn2C. The van der Waals surface area contributed by atoms with Crippen molar-refractivity contribution >= 4 is 11.0 Å². The summed E-state index contributed by atoms with van der Waals surface area (Å²) in [4.78, 5) is 8.69. The second kappa shape index (κ2) is 4.81. The van der Waals surface area contributed by atoms with Crippen molar-refractivity contribution in [3.63, 3.8) is 0 Å². The molecule has 1 fully saturated rings. The van der Waals surface area contributed by atoms with Gasteiger partial charge in [-0.15, -0.1) is 0 Å². The molecule has 0 bridgehead atoms. The molecule has 0 aromatic carbocycles. The molecule has 1 unspecified atom stereocenters. The Kier molecular flexibility index (Phi) is 3.14. The highest BCUT2D eigenvalue weighted by Gasteiger charge is 2.30. The van der Waals surface area contributed by atoms with Crippen LogP contribution in [0.2, 0.25) is 0 Å². The molecular formula is C14H20N4O. The zero-order valence-corrected chi connectivity index (χ0v) is 11.5. The summed E-state index contributed by atoms with van der Waals surface area (Å²) in [5.74, 6) is 1.11. The minimum absolute atomic E-state index is 0.400. The number of aromatic nitrogens is 3. The summed E-state index contributed by atoms with van der Waals surface area (Å²) in [5, 5.41) is 0. The maximum absolute atomic E-state index is 6.00. The summed E-state index contributed by atoms with van der Waals surface area (Å²) in [6.45, 7) is 0.677. The number of nitrogens with zero attached hydrogens (tertiary/aromatic N) is 3. The lowest BCUT2D eigenvalue weighted by molar-refractivity contribution is 0.264. The highest BCUT2D eigenvalue weighted by atomic mass is 16.5.